The van der Waals surface area contributed by atoms with Crippen LogP contribution in [0.4, 0.5) is 0 Å². The number of aliphatic hydroxyl groups is 1. The quantitative estimate of drug-likeness (QED) is 0.696. The molecule has 1 saturated heterocycles. The third-order valence-electron chi connectivity index (χ3n) is 7.43. The molecule has 1 aliphatic heterocycles. The minimum Gasteiger partial charge on any atom is -0.393 e. The van der Waals surface area contributed by atoms with Gasteiger partial charge in [-0.15, -0.1) is 0 Å². The molecule has 5 aliphatic rings. The first kappa shape index (κ1) is 14.7. The maximum atomic E-state index is 9.99. The largest absolute Gasteiger partial charge is 0.393 e. The molecule has 2 unspecified atom stereocenters. The van der Waals surface area contributed by atoms with Crippen molar-refractivity contribution in [2.75, 3.05) is 13.2 Å². The summed E-state index contributed by atoms with van der Waals surface area (Å²) in [6, 6.07) is 0. The number of allylic oxidation sites excluding steroid dienone is 3. The molecular formula is C20H28O3. The molecule has 1 heterocycles. The maximum absolute atomic E-state index is 9.99. The Morgan fingerprint density at radius 1 is 1.22 bits per heavy atom. The van der Waals surface area contributed by atoms with Gasteiger partial charge in [0.1, 0.15) is 0 Å². The predicted octanol–water partition coefficient (Wildman–Crippen LogP) is 3.38. The van der Waals surface area contributed by atoms with Gasteiger partial charge < -0.3 is 14.6 Å². The van der Waals surface area contributed by atoms with Crippen LogP contribution in [0.25, 0.3) is 0 Å². The topological polar surface area (TPSA) is 38.7 Å². The molecule has 1 N–H and O–H groups in total. The summed E-state index contributed by atoms with van der Waals surface area (Å²) in [7, 11) is 0. The van der Waals surface area contributed by atoms with Gasteiger partial charge in [-0.3, -0.25) is 0 Å². The SMILES string of the molecule is C[C@]12CC[C@H]3C(=CCC4=C3CC[C@H](O)C4)[C@@H]1CC1OCCOC12. The molecule has 3 heteroatoms. The average Bonchev–Trinajstić information content (AvgIpc) is 2.87. The van der Waals surface area contributed by atoms with E-state index in [0.29, 0.717) is 24.0 Å². The molecular weight excluding hydrogens is 288 g/mol. The molecule has 4 aliphatic carbocycles. The van der Waals surface area contributed by atoms with Crippen molar-refractivity contribution in [3.8, 4) is 0 Å². The summed E-state index contributed by atoms with van der Waals surface area (Å²) in [5, 5.41) is 9.99. The summed E-state index contributed by atoms with van der Waals surface area (Å²) in [5.41, 5.74) is 5.19. The molecule has 0 aromatic carbocycles. The van der Waals surface area contributed by atoms with Crippen LogP contribution in [-0.2, 0) is 9.47 Å². The Bertz CT molecular complexity index is 577. The monoisotopic (exact) mass is 316 g/mol. The molecule has 6 atom stereocenters. The number of aliphatic hydroxyl groups excluding tert-OH is 1. The lowest BCUT2D eigenvalue weighted by molar-refractivity contribution is -0.158. The number of rotatable bonds is 0. The lowest BCUT2D eigenvalue weighted by atomic mass is 9.58. The highest BCUT2D eigenvalue weighted by Crippen LogP contribution is 2.61. The van der Waals surface area contributed by atoms with Gasteiger partial charge in [0.15, 0.2) is 0 Å². The van der Waals surface area contributed by atoms with Gasteiger partial charge in [0, 0.05) is 11.3 Å². The van der Waals surface area contributed by atoms with E-state index in [9.17, 15) is 5.11 Å². The fourth-order valence-corrected chi connectivity index (χ4v) is 6.33. The highest BCUT2D eigenvalue weighted by molar-refractivity contribution is 5.39. The van der Waals surface area contributed by atoms with E-state index in [1.807, 2.05) is 0 Å². The van der Waals surface area contributed by atoms with Crippen LogP contribution in [0.2, 0.25) is 0 Å². The minimum atomic E-state index is -0.103. The van der Waals surface area contributed by atoms with Crippen molar-refractivity contribution in [2.45, 2.75) is 70.2 Å². The van der Waals surface area contributed by atoms with E-state index in [0.717, 1.165) is 45.3 Å². The Balaban J connectivity index is 1.47. The standard InChI is InChI=1S/C20H28O3/c1-20-7-6-15-14-5-3-13(21)10-12(14)2-4-16(15)17(20)11-18-19(20)23-9-8-22-18/h4,13,15,17-19,21H,2-3,5-11H2,1H3/t13-,15+,17-,18?,19?,20-/m0/s1. The lowest BCUT2D eigenvalue weighted by Crippen LogP contribution is -2.46. The second-order valence-corrected chi connectivity index (χ2v) is 8.52. The number of fused-ring (bicyclic) bond motifs is 6. The van der Waals surface area contributed by atoms with E-state index in [1.165, 1.54) is 12.8 Å². The molecule has 3 nitrogen and oxygen atoms in total. The van der Waals surface area contributed by atoms with Gasteiger partial charge in [0.2, 0.25) is 0 Å². The van der Waals surface area contributed by atoms with Crippen molar-refractivity contribution in [2.24, 2.45) is 17.3 Å². The lowest BCUT2D eigenvalue weighted by Gasteiger charge is -2.48. The summed E-state index contributed by atoms with van der Waals surface area (Å²) < 4.78 is 12.2. The first-order chi connectivity index (χ1) is 11.2. The Morgan fingerprint density at radius 3 is 3.00 bits per heavy atom. The summed E-state index contributed by atoms with van der Waals surface area (Å²) in [6.07, 6.45) is 10.7. The van der Waals surface area contributed by atoms with Crippen LogP contribution in [0.3, 0.4) is 0 Å². The van der Waals surface area contributed by atoms with Gasteiger partial charge in [-0.25, -0.2) is 0 Å². The zero-order valence-electron chi connectivity index (χ0n) is 14.1. The third kappa shape index (κ3) is 2.06. The van der Waals surface area contributed by atoms with Gasteiger partial charge in [0.25, 0.3) is 0 Å². The molecule has 5 rings (SSSR count). The predicted molar refractivity (Wildman–Crippen MR) is 88.0 cm³/mol. The fraction of sp³-hybridized carbons (Fsp3) is 0.800. The first-order valence-corrected chi connectivity index (χ1v) is 9.49. The number of ether oxygens (including phenoxy) is 2. The van der Waals surface area contributed by atoms with E-state index in [1.54, 1.807) is 16.7 Å². The van der Waals surface area contributed by atoms with E-state index >= 15 is 0 Å². The Hall–Kier alpha value is -0.640. The van der Waals surface area contributed by atoms with Crippen molar-refractivity contribution in [3.63, 3.8) is 0 Å². The molecule has 0 spiro atoms. The van der Waals surface area contributed by atoms with Gasteiger partial charge in [-0.05, 0) is 50.9 Å². The molecule has 126 valence electrons. The van der Waals surface area contributed by atoms with Crippen molar-refractivity contribution in [1.29, 1.82) is 0 Å². The highest BCUT2D eigenvalue weighted by Gasteiger charge is 2.58. The molecule has 2 saturated carbocycles. The van der Waals surface area contributed by atoms with Crippen LogP contribution in [0.1, 0.15) is 51.9 Å². The van der Waals surface area contributed by atoms with Gasteiger partial charge in [0.05, 0.1) is 31.5 Å². The second-order valence-electron chi connectivity index (χ2n) is 8.52. The van der Waals surface area contributed by atoms with Crippen LogP contribution in [0, 0.1) is 17.3 Å². The molecule has 0 amide bonds. The molecule has 0 radical (unpaired) electrons. The minimum absolute atomic E-state index is 0.103. The third-order valence-corrected chi connectivity index (χ3v) is 7.43. The smallest absolute Gasteiger partial charge is 0.0897 e. The first-order valence-electron chi connectivity index (χ1n) is 9.49. The fourth-order valence-electron chi connectivity index (χ4n) is 6.33. The van der Waals surface area contributed by atoms with Crippen molar-refractivity contribution >= 4 is 0 Å². The maximum Gasteiger partial charge on any atom is 0.0897 e. The Kier molecular flexibility index (Phi) is 3.30. The van der Waals surface area contributed by atoms with Crippen LogP contribution in [-0.4, -0.2) is 36.6 Å². The van der Waals surface area contributed by atoms with Crippen LogP contribution >= 0.6 is 0 Å². The van der Waals surface area contributed by atoms with Crippen molar-refractivity contribution in [1.82, 2.24) is 0 Å². The van der Waals surface area contributed by atoms with E-state index < -0.39 is 0 Å². The normalized spacial score (nSPS) is 49.0. The van der Waals surface area contributed by atoms with Crippen LogP contribution in [0.5, 0.6) is 0 Å². The molecule has 0 aromatic heterocycles. The van der Waals surface area contributed by atoms with E-state index in [4.69, 9.17) is 9.47 Å². The average molecular weight is 316 g/mol. The summed E-state index contributed by atoms with van der Waals surface area (Å²) in [6.45, 7) is 3.97. The van der Waals surface area contributed by atoms with E-state index in [2.05, 4.69) is 13.0 Å². The second kappa shape index (κ2) is 5.18. The van der Waals surface area contributed by atoms with Gasteiger partial charge in [-0.2, -0.15) is 0 Å². The zero-order chi connectivity index (χ0) is 15.6. The Morgan fingerprint density at radius 2 is 2.09 bits per heavy atom. The van der Waals surface area contributed by atoms with Gasteiger partial charge in [-0.1, -0.05) is 29.7 Å². The van der Waals surface area contributed by atoms with Crippen molar-refractivity contribution in [3.05, 3.63) is 22.8 Å². The number of hydrogen-bond donors (Lipinski definition) is 1. The molecule has 23 heavy (non-hydrogen) atoms. The molecule has 3 fully saturated rings. The van der Waals surface area contributed by atoms with Crippen LogP contribution in [0.15, 0.2) is 22.8 Å². The summed E-state index contributed by atoms with van der Waals surface area (Å²) in [5.74, 6) is 1.29. The molecule has 0 aromatic rings. The van der Waals surface area contributed by atoms with Crippen molar-refractivity contribution < 1.29 is 14.6 Å². The summed E-state index contributed by atoms with van der Waals surface area (Å²) in [4.78, 5) is 0. The number of hydrogen-bond acceptors (Lipinski definition) is 3. The van der Waals surface area contributed by atoms with Gasteiger partial charge >= 0.3 is 0 Å². The Labute approximate surface area is 138 Å². The molecule has 0 bridgehead atoms. The highest BCUT2D eigenvalue weighted by atomic mass is 16.6. The zero-order valence-corrected chi connectivity index (χ0v) is 14.1. The van der Waals surface area contributed by atoms with Crippen LogP contribution < -0.4 is 0 Å². The summed E-state index contributed by atoms with van der Waals surface area (Å²) >= 11 is 0. The van der Waals surface area contributed by atoms with E-state index in [-0.39, 0.29) is 11.5 Å².